The van der Waals surface area contributed by atoms with Crippen LogP contribution in [0.5, 0.6) is 0 Å². The highest BCUT2D eigenvalue weighted by Crippen LogP contribution is 2.22. The van der Waals surface area contributed by atoms with Crippen LogP contribution in [0.25, 0.3) is 0 Å². The van der Waals surface area contributed by atoms with E-state index in [-0.39, 0.29) is 5.84 Å². The third-order valence-electron chi connectivity index (χ3n) is 3.57. The number of hydrogen-bond donors (Lipinski definition) is 2. The highest BCUT2D eigenvalue weighted by molar-refractivity contribution is 5.97. The summed E-state index contributed by atoms with van der Waals surface area (Å²) >= 11 is 0. The molecule has 20 heavy (non-hydrogen) atoms. The predicted octanol–water partition coefficient (Wildman–Crippen LogP) is 2.18. The lowest BCUT2D eigenvalue weighted by Gasteiger charge is -2.34. The highest BCUT2D eigenvalue weighted by atomic mass is 16.5. The molecule has 1 aromatic rings. The van der Waals surface area contributed by atoms with Crippen molar-refractivity contribution in [3.05, 3.63) is 29.8 Å². The van der Waals surface area contributed by atoms with Crippen LogP contribution in [0.1, 0.15) is 31.7 Å². The molecule has 110 valence electrons. The van der Waals surface area contributed by atoms with Crippen molar-refractivity contribution in [1.82, 2.24) is 0 Å². The Labute approximate surface area is 120 Å². The molecule has 1 aromatic carbocycles. The van der Waals surface area contributed by atoms with Gasteiger partial charge in [0, 0.05) is 30.9 Å². The largest absolute Gasteiger partial charge is 0.409 e. The molecule has 1 atom stereocenters. The molecule has 0 aromatic heterocycles. The molecule has 5 heteroatoms. The molecule has 3 N–H and O–H groups in total. The van der Waals surface area contributed by atoms with Gasteiger partial charge in [0.2, 0.25) is 0 Å². The molecule has 1 aliphatic heterocycles. The molecule has 2 rings (SSSR count). The van der Waals surface area contributed by atoms with E-state index in [1.54, 1.807) is 0 Å². The average molecular weight is 277 g/mol. The third kappa shape index (κ3) is 3.63. The molecular formula is C15H23N3O2. The zero-order valence-electron chi connectivity index (χ0n) is 12.0. The topological polar surface area (TPSA) is 71.1 Å². The van der Waals surface area contributed by atoms with Gasteiger partial charge in [0.05, 0.1) is 6.10 Å². The molecule has 0 saturated carbocycles. The van der Waals surface area contributed by atoms with Crippen LogP contribution < -0.4 is 10.6 Å². The van der Waals surface area contributed by atoms with Gasteiger partial charge in [0.15, 0.2) is 5.84 Å². The van der Waals surface area contributed by atoms with Crippen LogP contribution in [0, 0.1) is 0 Å². The minimum Gasteiger partial charge on any atom is -0.409 e. The number of rotatable bonds is 5. The van der Waals surface area contributed by atoms with Crippen molar-refractivity contribution in [2.24, 2.45) is 10.9 Å². The maximum atomic E-state index is 8.66. The Kier molecular flexibility index (Phi) is 5.24. The fourth-order valence-corrected chi connectivity index (χ4v) is 2.49. The first-order chi connectivity index (χ1) is 9.74. The summed E-state index contributed by atoms with van der Waals surface area (Å²) in [5.74, 6) is 0.138. The summed E-state index contributed by atoms with van der Waals surface area (Å²) in [5, 5.41) is 11.7. The quantitative estimate of drug-likeness (QED) is 0.374. The fraction of sp³-hybridized carbons (Fsp3) is 0.533. The van der Waals surface area contributed by atoms with Gasteiger partial charge in [-0.05, 0) is 43.5 Å². The Morgan fingerprint density at radius 1 is 1.45 bits per heavy atom. The molecule has 1 heterocycles. The first-order valence-electron chi connectivity index (χ1n) is 7.19. The summed E-state index contributed by atoms with van der Waals surface area (Å²) in [6, 6.07) is 7.77. The van der Waals surface area contributed by atoms with Crippen molar-refractivity contribution in [2.45, 2.75) is 32.3 Å². The maximum Gasteiger partial charge on any atom is 0.170 e. The minimum atomic E-state index is 0.138. The van der Waals surface area contributed by atoms with E-state index in [1.807, 2.05) is 24.3 Å². The summed E-state index contributed by atoms with van der Waals surface area (Å²) in [7, 11) is 0. The molecule has 1 fully saturated rings. The molecule has 0 spiro atoms. The van der Waals surface area contributed by atoms with E-state index in [9.17, 15) is 0 Å². The number of amidine groups is 1. The fourth-order valence-electron chi connectivity index (χ4n) is 2.49. The number of anilines is 1. The van der Waals surface area contributed by atoms with Gasteiger partial charge in [-0.3, -0.25) is 0 Å². The van der Waals surface area contributed by atoms with Crippen molar-refractivity contribution < 1.29 is 9.94 Å². The Balaban J connectivity index is 2.00. The molecule has 1 unspecified atom stereocenters. The van der Waals surface area contributed by atoms with E-state index in [4.69, 9.17) is 15.7 Å². The maximum absolute atomic E-state index is 8.66. The molecule has 1 saturated heterocycles. The van der Waals surface area contributed by atoms with Gasteiger partial charge < -0.3 is 20.6 Å². The number of nitrogens with zero attached hydrogens (tertiary/aromatic N) is 2. The van der Waals surface area contributed by atoms with Gasteiger partial charge in [-0.2, -0.15) is 0 Å². The Morgan fingerprint density at radius 2 is 2.20 bits per heavy atom. The van der Waals surface area contributed by atoms with Gasteiger partial charge in [-0.1, -0.05) is 12.1 Å². The van der Waals surface area contributed by atoms with E-state index in [1.165, 1.54) is 0 Å². The lowest BCUT2D eigenvalue weighted by atomic mass is 10.1. The third-order valence-corrected chi connectivity index (χ3v) is 3.57. The number of hydrogen-bond acceptors (Lipinski definition) is 4. The lowest BCUT2D eigenvalue weighted by molar-refractivity contribution is 0.0440. The predicted molar refractivity (Wildman–Crippen MR) is 80.4 cm³/mol. The van der Waals surface area contributed by atoms with Gasteiger partial charge in [0.25, 0.3) is 0 Å². The van der Waals surface area contributed by atoms with Gasteiger partial charge in [0.1, 0.15) is 0 Å². The summed E-state index contributed by atoms with van der Waals surface area (Å²) in [5.41, 5.74) is 7.45. The first-order valence-corrected chi connectivity index (χ1v) is 7.19. The van der Waals surface area contributed by atoms with Crippen LogP contribution in [0.4, 0.5) is 5.69 Å². The number of piperidine rings is 1. The van der Waals surface area contributed by atoms with Crippen molar-refractivity contribution in [3.8, 4) is 0 Å². The summed E-state index contributed by atoms with van der Waals surface area (Å²) < 4.78 is 5.85. The van der Waals surface area contributed by atoms with E-state index < -0.39 is 0 Å². The van der Waals surface area contributed by atoms with Gasteiger partial charge in [-0.25, -0.2) is 0 Å². The van der Waals surface area contributed by atoms with Crippen LogP contribution in [0.3, 0.4) is 0 Å². The molecule has 0 radical (unpaired) electrons. The molecular weight excluding hydrogens is 254 g/mol. The van der Waals surface area contributed by atoms with E-state index >= 15 is 0 Å². The van der Waals surface area contributed by atoms with Crippen LogP contribution >= 0.6 is 0 Å². The minimum absolute atomic E-state index is 0.138. The van der Waals surface area contributed by atoms with Crippen molar-refractivity contribution in [1.29, 1.82) is 0 Å². The molecule has 5 nitrogen and oxygen atoms in total. The van der Waals surface area contributed by atoms with E-state index in [0.717, 1.165) is 50.2 Å². The van der Waals surface area contributed by atoms with Crippen LogP contribution in [-0.4, -0.2) is 36.8 Å². The van der Waals surface area contributed by atoms with Crippen molar-refractivity contribution >= 4 is 11.5 Å². The highest BCUT2D eigenvalue weighted by Gasteiger charge is 2.20. The van der Waals surface area contributed by atoms with Crippen molar-refractivity contribution in [3.63, 3.8) is 0 Å². The summed E-state index contributed by atoms with van der Waals surface area (Å²) in [6.45, 7) is 4.95. The average Bonchev–Trinajstić information content (AvgIpc) is 2.52. The van der Waals surface area contributed by atoms with Crippen LogP contribution in [-0.2, 0) is 4.74 Å². The zero-order chi connectivity index (χ0) is 14.4. The zero-order valence-corrected chi connectivity index (χ0v) is 12.0. The monoisotopic (exact) mass is 277 g/mol. The second-order valence-corrected chi connectivity index (χ2v) is 5.11. The van der Waals surface area contributed by atoms with Crippen LogP contribution in [0.2, 0.25) is 0 Å². The van der Waals surface area contributed by atoms with Gasteiger partial charge in [-0.15, -0.1) is 0 Å². The molecule has 0 amide bonds. The number of oxime groups is 1. The number of ether oxygens (including phenoxy) is 1. The smallest absolute Gasteiger partial charge is 0.170 e. The van der Waals surface area contributed by atoms with E-state index in [2.05, 4.69) is 17.0 Å². The summed E-state index contributed by atoms with van der Waals surface area (Å²) in [6.07, 6.45) is 3.67. The van der Waals surface area contributed by atoms with E-state index in [0.29, 0.717) is 6.10 Å². The first kappa shape index (κ1) is 14.7. The number of nitrogens with two attached hydrogens (primary N) is 1. The molecule has 0 bridgehead atoms. The van der Waals surface area contributed by atoms with Crippen molar-refractivity contribution in [2.75, 3.05) is 24.6 Å². The Morgan fingerprint density at radius 3 is 2.85 bits per heavy atom. The summed E-state index contributed by atoms with van der Waals surface area (Å²) in [4.78, 5) is 2.33. The lowest BCUT2D eigenvalue weighted by Crippen LogP contribution is -2.39. The second-order valence-electron chi connectivity index (χ2n) is 5.11. The normalized spacial score (nSPS) is 20.1. The molecule has 1 aliphatic rings. The SMILES string of the molecule is CCCOC1CCCN(c2ccc(C(N)=NO)cc2)C1. The standard InChI is InChI=1S/C15H23N3O2/c1-2-10-20-14-4-3-9-18(11-14)13-7-5-12(6-8-13)15(16)17-19/h5-8,14,19H,2-4,9-11H2,1H3,(H2,16,17). The molecule has 0 aliphatic carbocycles. The Hall–Kier alpha value is -1.75. The number of benzene rings is 1. The van der Waals surface area contributed by atoms with Gasteiger partial charge >= 0.3 is 0 Å². The van der Waals surface area contributed by atoms with Crippen LogP contribution in [0.15, 0.2) is 29.4 Å². The Bertz CT molecular complexity index is 445. The second kappa shape index (κ2) is 7.14.